The summed E-state index contributed by atoms with van der Waals surface area (Å²) in [6.45, 7) is 2.02. The van der Waals surface area contributed by atoms with E-state index in [4.69, 9.17) is 28.3 Å². The highest BCUT2D eigenvalue weighted by Crippen LogP contribution is 2.44. The van der Waals surface area contributed by atoms with E-state index < -0.39 is 5.97 Å². The van der Waals surface area contributed by atoms with Crippen LogP contribution in [0.3, 0.4) is 0 Å². The van der Waals surface area contributed by atoms with Crippen molar-refractivity contribution in [3.8, 4) is 21.8 Å². The summed E-state index contributed by atoms with van der Waals surface area (Å²) in [6, 6.07) is 14.5. The Morgan fingerprint density at radius 3 is 2.42 bits per heavy atom. The van der Waals surface area contributed by atoms with Crippen LogP contribution < -0.4 is 0 Å². The molecule has 2 N–H and O–H groups in total. The van der Waals surface area contributed by atoms with Gasteiger partial charge in [0.1, 0.15) is 0 Å². The average Bonchev–Trinajstić information content (AvgIpc) is 3.21. The van der Waals surface area contributed by atoms with Crippen LogP contribution in [-0.4, -0.2) is 16.1 Å². The van der Waals surface area contributed by atoms with E-state index >= 15 is 0 Å². The van der Waals surface area contributed by atoms with Gasteiger partial charge in [-0.3, -0.25) is 0 Å². The normalized spacial score (nSPS) is 11.2. The highest BCUT2D eigenvalue weighted by molar-refractivity contribution is 7.23. The molecule has 0 saturated carbocycles. The molecule has 26 heavy (non-hydrogen) atoms. The van der Waals surface area contributed by atoms with Crippen molar-refractivity contribution in [2.45, 2.75) is 6.92 Å². The Labute approximate surface area is 163 Å². The molecule has 0 radical (unpaired) electrons. The predicted octanol–water partition coefficient (Wildman–Crippen LogP) is 6.88. The monoisotopic (exact) mass is 401 g/mol. The number of hydrogen-bond donors (Lipinski definition) is 2. The van der Waals surface area contributed by atoms with Gasteiger partial charge in [-0.05, 0) is 54.4 Å². The fourth-order valence-corrected chi connectivity index (χ4v) is 4.78. The Bertz CT molecular complexity index is 1140. The van der Waals surface area contributed by atoms with Gasteiger partial charge in [0, 0.05) is 20.8 Å². The van der Waals surface area contributed by atoms with E-state index in [0.717, 1.165) is 37.5 Å². The molecule has 0 bridgehead atoms. The number of hydrogen-bond acceptors (Lipinski definition) is 2. The number of carboxylic acids is 1. The smallest absolute Gasteiger partial charge is 0.335 e. The highest BCUT2D eigenvalue weighted by atomic mass is 35.5. The molecule has 0 unspecified atom stereocenters. The molecule has 130 valence electrons. The number of carbonyl (C=O) groups is 1. The first-order valence-electron chi connectivity index (χ1n) is 7.85. The zero-order valence-corrected chi connectivity index (χ0v) is 16.0. The Balaban J connectivity index is 1.76. The van der Waals surface area contributed by atoms with Crippen LogP contribution in [0.5, 0.6) is 0 Å². The largest absolute Gasteiger partial charge is 0.478 e. The topological polar surface area (TPSA) is 53.1 Å². The van der Waals surface area contributed by atoms with E-state index in [1.165, 1.54) is 0 Å². The Hall–Kier alpha value is -2.27. The first-order chi connectivity index (χ1) is 12.4. The number of aromatic amines is 1. The van der Waals surface area contributed by atoms with Gasteiger partial charge in [0.15, 0.2) is 0 Å². The molecule has 6 heteroatoms. The van der Waals surface area contributed by atoms with Crippen molar-refractivity contribution in [2.75, 3.05) is 0 Å². The summed E-state index contributed by atoms with van der Waals surface area (Å²) in [6.07, 6.45) is 0. The number of carboxylic acid groups (broad SMARTS) is 1. The fraction of sp³-hybridized carbons (Fsp3) is 0.0500. The zero-order valence-electron chi connectivity index (χ0n) is 13.6. The predicted molar refractivity (Wildman–Crippen MR) is 109 cm³/mol. The first-order valence-corrected chi connectivity index (χ1v) is 9.42. The van der Waals surface area contributed by atoms with E-state index in [9.17, 15) is 4.79 Å². The maximum Gasteiger partial charge on any atom is 0.335 e. The van der Waals surface area contributed by atoms with E-state index in [2.05, 4.69) is 4.98 Å². The van der Waals surface area contributed by atoms with E-state index in [-0.39, 0.29) is 5.56 Å². The Kier molecular flexibility index (Phi) is 4.27. The second kappa shape index (κ2) is 6.47. The van der Waals surface area contributed by atoms with Gasteiger partial charge in [-0.25, -0.2) is 4.79 Å². The summed E-state index contributed by atoms with van der Waals surface area (Å²) >= 11 is 14.4. The van der Waals surface area contributed by atoms with Crippen LogP contribution in [0.4, 0.5) is 0 Å². The molecule has 4 aromatic rings. The van der Waals surface area contributed by atoms with Crippen LogP contribution in [0, 0.1) is 6.92 Å². The van der Waals surface area contributed by atoms with Crippen molar-refractivity contribution in [2.24, 2.45) is 0 Å². The maximum absolute atomic E-state index is 11.0. The maximum atomic E-state index is 11.0. The van der Waals surface area contributed by atoms with Crippen molar-refractivity contribution in [1.29, 1.82) is 0 Å². The van der Waals surface area contributed by atoms with Crippen LogP contribution in [0.2, 0.25) is 10.0 Å². The van der Waals surface area contributed by atoms with Crippen molar-refractivity contribution >= 4 is 50.6 Å². The molecule has 0 aliphatic rings. The van der Waals surface area contributed by atoms with Crippen molar-refractivity contribution < 1.29 is 9.90 Å². The molecule has 3 nitrogen and oxygen atoms in total. The summed E-state index contributed by atoms with van der Waals surface area (Å²) < 4.78 is 1.12. The molecule has 0 aliphatic carbocycles. The van der Waals surface area contributed by atoms with Gasteiger partial charge in [-0.1, -0.05) is 35.3 Å². The van der Waals surface area contributed by atoms with Gasteiger partial charge >= 0.3 is 5.97 Å². The summed E-state index contributed by atoms with van der Waals surface area (Å²) in [5, 5.41) is 11.3. The number of thiophene rings is 1. The number of aryl methyl sites for hydroxylation is 1. The summed E-state index contributed by atoms with van der Waals surface area (Å²) in [4.78, 5) is 15.3. The lowest BCUT2D eigenvalue weighted by atomic mass is 10.1. The van der Waals surface area contributed by atoms with Gasteiger partial charge in [-0.15, -0.1) is 11.3 Å². The van der Waals surface area contributed by atoms with E-state index in [1.807, 2.05) is 31.2 Å². The van der Waals surface area contributed by atoms with E-state index in [0.29, 0.717) is 10.0 Å². The molecule has 0 atom stereocenters. The average molecular weight is 402 g/mol. The lowest BCUT2D eigenvalue weighted by molar-refractivity contribution is 0.0697. The minimum absolute atomic E-state index is 0.264. The number of fused-ring (bicyclic) bond motifs is 1. The molecule has 2 aromatic carbocycles. The van der Waals surface area contributed by atoms with Crippen LogP contribution in [-0.2, 0) is 0 Å². The van der Waals surface area contributed by atoms with Gasteiger partial charge < -0.3 is 10.1 Å². The Morgan fingerprint density at radius 1 is 1.04 bits per heavy atom. The molecular weight excluding hydrogens is 389 g/mol. The molecule has 2 heterocycles. The third kappa shape index (κ3) is 2.90. The number of nitrogens with one attached hydrogen (secondary N) is 1. The van der Waals surface area contributed by atoms with Gasteiger partial charge in [-0.2, -0.15) is 0 Å². The number of aromatic nitrogens is 1. The number of benzene rings is 2. The first kappa shape index (κ1) is 17.2. The quantitative estimate of drug-likeness (QED) is 0.393. The molecule has 0 aliphatic heterocycles. The summed E-state index contributed by atoms with van der Waals surface area (Å²) in [5.41, 5.74) is 4.10. The third-order valence-corrected chi connectivity index (χ3v) is 6.35. The molecule has 0 fully saturated rings. The summed E-state index contributed by atoms with van der Waals surface area (Å²) in [5.74, 6) is -0.935. The van der Waals surface area contributed by atoms with Crippen molar-refractivity contribution in [3.63, 3.8) is 0 Å². The number of rotatable bonds is 3. The van der Waals surface area contributed by atoms with Gasteiger partial charge in [0.05, 0.1) is 21.2 Å². The Morgan fingerprint density at radius 2 is 1.73 bits per heavy atom. The van der Waals surface area contributed by atoms with Crippen LogP contribution in [0.1, 0.15) is 15.9 Å². The summed E-state index contributed by atoms with van der Waals surface area (Å²) in [7, 11) is 0. The molecule has 0 spiro atoms. The molecular formula is C20H13Cl2NO2S. The van der Waals surface area contributed by atoms with Gasteiger partial charge in [0.25, 0.3) is 0 Å². The third-order valence-electron chi connectivity index (χ3n) is 4.25. The van der Waals surface area contributed by atoms with Crippen molar-refractivity contribution in [3.05, 3.63) is 69.7 Å². The molecule has 2 aromatic heterocycles. The number of H-pyrrole nitrogens is 1. The molecule has 0 amide bonds. The SMILES string of the molecule is Cc1cc(Cl)cc2c(Cl)c(-c3ccc(-c4ccc(C(=O)O)cc4)[nH]3)sc12. The van der Waals surface area contributed by atoms with Gasteiger partial charge in [0.2, 0.25) is 0 Å². The van der Waals surface area contributed by atoms with Crippen LogP contribution >= 0.6 is 34.5 Å². The fourth-order valence-electron chi connectivity index (χ4n) is 2.96. The van der Waals surface area contributed by atoms with Crippen LogP contribution in [0.15, 0.2) is 48.5 Å². The highest BCUT2D eigenvalue weighted by Gasteiger charge is 2.16. The molecule has 4 rings (SSSR count). The minimum atomic E-state index is -0.935. The number of halogens is 2. The zero-order chi connectivity index (χ0) is 18.4. The second-order valence-electron chi connectivity index (χ2n) is 6.01. The lowest BCUT2D eigenvalue weighted by Crippen LogP contribution is -1.94. The standard InChI is InChI=1S/C20H13Cl2NO2S/c1-10-8-13(21)9-14-17(22)19(26-18(10)14)16-7-6-15(23-16)11-2-4-12(5-3-11)20(24)25/h2-9,23H,1H3,(H,24,25). The minimum Gasteiger partial charge on any atom is -0.478 e. The van der Waals surface area contributed by atoms with Crippen LogP contribution in [0.25, 0.3) is 31.9 Å². The number of aromatic carboxylic acids is 1. The molecule has 0 saturated heterocycles. The van der Waals surface area contributed by atoms with Crippen molar-refractivity contribution in [1.82, 2.24) is 4.98 Å². The lowest BCUT2D eigenvalue weighted by Gasteiger charge is -2.00. The van der Waals surface area contributed by atoms with E-state index in [1.54, 1.807) is 35.6 Å². The second-order valence-corrected chi connectivity index (χ2v) is 7.85.